The minimum absolute atomic E-state index is 0.280. The lowest BCUT2D eigenvalue weighted by Crippen LogP contribution is -2.36. The van der Waals surface area contributed by atoms with Gasteiger partial charge in [0.05, 0.1) is 17.7 Å². The molecule has 0 aliphatic rings. The topological polar surface area (TPSA) is 85.2 Å². The lowest BCUT2D eigenvalue weighted by atomic mass is 10.1. The molecule has 0 aliphatic carbocycles. The Kier molecular flexibility index (Phi) is 5.68. The van der Waals surface area contributed by atoms with Crippen molar-refractivity contribution in [3.8, 4) is 6.07 Å². The zero-order chi connectivity index (χ0) is 13.4. The van der Waals surface area contributed by atoms with Crippen LogP contribution in [-0.2, 0) is 6.54 Å². The zero-order valence-corrected chi connectivity index (χ0v) is 10.3. The number of nitriles is 1. The molecule has 0 saturated heterocycles. The smallest absolute Gasteiger partial charge is 0.315 e. The molecule has 1 atom stereocenters. The summed E-state index contributed by atoms with van der Waals surface area (Å²) in [5.74, 6) is 0. The SMILES string of the molecule is CC(O)CCNC(=O)NCc1cccc(C#N)c1. The molecule has 0 bridgehead atoms. The number of nitrogens with zero attached hydrogens (tertiary/aromatic N) is 1. The monoisotopic (exact) mass is 247 g/mol. The maximum absolute atomic E-state index is 11.4. The Hall–Kier alpha value is -2.06. The minimum atomic E-state index is -0.419. The Labute approximate surface area is 106 Å². The van der Waals surface area contributed by atoms with Gasteiger partial charge in [0, 0.05) is 13.1 Å². The summed E-state index contributed by atoms with van der Waals surface area (Å²) in [5, 5.41) is 23.1. The van der Waals surface area contributed by atoms with Crippen LogP contribution in [0.25, 0.3) is 0 Å². The highest BCUT2D eigenvalue weighted by atomic mass is 16.3. The van der Waals surface area contributed by atoms with E-state index in [4.69, 9.17) is 10.4 Å². The normalized spacial score (nSPS) is 11.4. The van der Waals surface area contributed by atoms with Gasteiger partial charge in [-0.1, -0.05) is 12.1 Å². The van der Waals surface area contributed by atoms with Crippen LogP contribution in [0.1, 0.15) is 24.5 Å². The van der Waals surface area contributed by atoms with Gasteiger partial charge in [0.25, 0.3) is 0 Å². The predicted octanol–water partition coefficient (Wildman–Crippen LogP) is 1.13. The van der Waals surface area contributed by atoms with Crippen molar-refractivity contribution >= 4 is 6.03 Å². The van der Waals surface area contributed by atoms with Gasteiger partial charge in [-0.05, 0) is 31.0 Å². The quantitative estimate of drug-likeness (QED) is 0.729. The van der Waals surface area contributed by atoms with E-state index in [9.17, 15) is 4.79 Å². The molecule has 0 spiro atoms. The lowest BCUT2D eigenvalue weighted by Gasteiger charge is -2.08. The van der Waals surface area contributed by atoms with Gasteiger partial charge in [0.2, 0.25) is 0 Å². The van der Waals surface area contributed by atoms with Crippen molar-refractivity contribution in [1.29, 1.82) is 5.26 Å². The van der Waals surface area contributed by atoms with Crippen molar-refractivity contribution < 1.29 is 9.90 Å². The maximum Gasteiger partial charge on any atom is 0.315 e. The first-order chi connectivity index (χ1) is 8.61. The third kappa shape index (κ3) is 5.32. The van der Waals surface area contributed by atoms with Crippen LogP contribution in [0.3, 0.4) is 0 Å². The van der Waals surface area contributed by atoms with E-state index in [1.54, 1.807) is 25.1 Å². The molecule has 1 aromatic rings. The number of amides is 2. The summed E-state index contributed by atoms with van der Waals surface area (Å²) in [6, 6.07) is 8.84. The van der Waals surface area contributed by atoms with E-state index in [2.05, 4.69) is 10.6 Å². The van der Waals surface area contributed by atoms with Crippen molar-refractivity contribution in [2.75, 3.05) is 6.54 Å². The predicted molar refractivity (Wildman–Crippen MR) is 67.7 cm³/mol. The molecule has 5 heteroatoms. The van der Waals surface area contributed by atoms with Crippen LogP contribution >= 0.6 is 0 Å². The summed E-state index contributed by atoms with van der Waals surface area (Å²) < 4.78 is 0. The molecule has 2 amide bonds. The number of carbonyl (C=O) groups excluding carboxylic acids is 1. The summed E-state index contributed by atoms with van der Waals surface area (Å²) in [6.07, 6.45) is 0.106. The highest BCUT2D eigenvalue weighted by molar-refractivity contribution is 5.73. The van der Waals surface area contributed by atoms with Gasteiger partial charge < -0.3 is 15.7 Å². The molecule has 0 fully saturated rings. The molecule has 1 aromatic carbocycles. The fraction of sp³-hybridized carbons (Fsp3) is 0.385. The van der Waals surface area contributed by atoms with Crippen LogP contribution in [0.2, 0.25) is 0 Å². The molecule has 18 heavy (non-hydrogen) atoms. The summed E-state index contributed by atoms with van der Waals surface area (Å²) in [5.41, 5.74) is 1.45. The van der Waals surface area contributed by atoms with Gasteiger partial charge in [-0.2, -0.15) is 5.26 Å². The Morgan fingerprint density at radius 3 is 2.94 bits per heavy atom. The molecule has 1 unspecified atom stereocenters. The van der Waals surface area contributed by atoms with Crippen molar-refractivity contribution in [1.82, 2.24) is 10.6 Å². The van der Waals surface area contributed by atoms with Crippen LogP contribution in [0.5, 0.6) is 0 Å². The largest absolute Gasteiger partial charge is 0.393 e. The zero-order valence-electron chi connectivity index (χ0n) is 10.3. The second-order valence-corrected chi connectivity index (χ2v) is 4.06. The molecule has 0 heterocycles. The molecule has 96 valence electrons. The average Bonchev–Trinajstić information content (AvgIpc) is 2.36. The van der Waals surface area contributed by atoms with Crippen LogP contribution in [-0.4, -0.2) is 23.8 Å². The Morgan fingerprint density at radius 2 is 2.28 bits per heavy atom. The van der Waals surface area contributed by atoms with Gasteiger partial charge in [-0.15, -0.1) is 0 Å². The maximum atomic E-state index is 11.4. The van der Waals surface area contributed by atoms with Crippen molar-refractivity contribution in [3.05, 3.63) is 35.4 Å². The summed E-state index contributed by atoms with van der Waals surface area (Å²) in [6.45, 7) is 2.48. The van der Waals surface area contributed by atoms with Gasteiger partial charge in [0.15, 0.2) is 0 Å². The highest BCUT2D eigenvalue weighted by Gasteiger charge is 2.01. The van der Waals surface area contributed by atoms with Crippen LogP contribution < -0.4 is 10.6 Å². The molecule has 0 aromatic heterocycles. The van der Waals surface area contributed by atoms with Crippen molar-refractivity contribution in [2.24, 2.45) is 0 Å². The van der Waals surface area contributed by atoms with Crippen LogP contribution in [0.15, 0.2) is 24.3 Å². The van der Waals surface area contributed by atoms with E-state index in [0.29, 0.717) is 25.1 Å². The van der Waals surface area contributed by atoms with E-state index in [1.807, 2.05) is 12.1 Å². The van der Waals surface area contributed by atoms with Crippen molar-refractivity contribution in [2.45, 2.75) is 26.0 Å². The van der Waals surface area contributed by atoms with Crippen LogP contribution in [0, 0.1) is 11.3 Å². The number of benzene rings is 1. The molecular weight excluding hydrogens is 230 g/mol. The highest BCUT2D eigenvalue weighted by Crippen LogP contribution is 2.03. The Balaban J connectivity index is 2.31. The van der Waals surface area contributed by atoms with E-state index < -0.39 is 6.10 Å². The fourth-order valence-electron chi connectivity index (χ4n) is 1.39. The van der Waals surface area contributed by atoms with Gasteiger partial charge in [0.1, 0.15) is 0 Å². The van der Waals surface area contributed by atoms with E-state index >= 15 is 0 Å². The number of urea groups is 1. The van der Waals surface area contributed by atoms with Gasteiger partial charge >= 0.3 is 6.03 Å². The van der Waals surface area contributed by atoms with Crippen LogP contribution in [0.4, 0.5) is 4.79 Å². The van der Waals surface area contributed by atoms with E-state index in [1.165, 1.54) is 0 Å². The second kappa shape index (κ2) is 7.30. The first-order valence-corrected chi connectivity index (χ1v) is 5.80. The average molecular weight is 247 g/mol. The molecular formula is C13H17N3O2. The van der Waals surface area contributed by atoms with E-state index in [-0.39, 0.29) is 6.03 Å². The third-order valence-corrected chi connectivity index (χ3v) is 2.36. The fourth-order valence-corrected chi connectivity index (χ4v) is 1.39. The summed E-state index contributed by atoms with van der Waals surface area (Å²) in [7, 11) is 0. The number of hydrogen-bond acceptors (Lipinski definition) is 3. The number of aliphatic hydroxyl groups is 1. The Bertz CT molecular complexity index is 438. The third-order valence-electron chi connectivity index (χ3n) is 2.36. The molecule has 1 rings (SSSR count). The van der Waals surface area contributed by atoms with Gasteiger partial charge in [-0.25, -0.2) is 4.79 Å². The lowest BCUT2D eigenvalue weighted by molar-refractivity contribution is 0.183. The summed E-state index contributed by atoms with van der Waals surface area (Å²) in [4.78, 5) is 11.4. The van der Waals surface area contributed by atoms with Crippen molar-refractivity contribution in [3.63, 3.8) is 0 Å². The first-order valence-electron chi connectivity index (χ1n) is 5.80. The number of aliphatic hydroxyl groups excluding tert-OH is 1. The summed E-state index contributed by atoms with van der Waals surface area (Å²) >= 11 is 0. The Morgan fingerprint density at radius 1 is 1.50 bits per heavy atom. The molecule has 3 N–H and O–H groups in total. The molecule has 0 aliphatic heterocycles. The molecule has 5 nitrogen and oxygen atoms in total. The molecule has 0 radical (unpaired) electrons. The van der Waals surface area contributed by atoms with Gasteiger partial charge in [-0.3, -0.25) is 0 Å². The second-order valence-electron chi connectivity index (χ2n) is 4.06. The number of carbonyl (C=O) groups is 1. The molecule has 0 saturated carbocycles. The number of nitrogens with one attached hydrogen (secondary N) is 2. The first kappa shape index (κ1) is 14.0. The standard InChI is InChI=1S/C13H17N3O2/c1-10(17)5-6-15-13(18)16-9-12-4-2-3-11(7-12)8-14/h2-4,7,10,17H,5-6,9H2,1H3,(H2,15,16,18). The minimum Gasteiger partial charge on any atom is -0.393 e. The number of rotatable bonds is 5. The van der Waals surface area contributed by atoms with E-state index in [0.717, 1.165) is 5.56 Å². The number of hydrogen-bond donors (Lipinski definition) is 3.